The highest BCUT2D eigenvalue weighted by Gasteiger charge is 2.33. The zero-order valence-electron chi connectivity index (χ0n) is 20.5. The number of hydrogen-bond donors (Lipinski definition) is 2. The standard InChI is InChI=1S/C27H38O7/c1-19(28)34-26-17-25(30)23(24(26)11-6-4-5-7-12-27(31)33-3)14-13-22(29)16-20-9-8-10-21(15-20)18-32-2/h8-10,13-15,22-23,25,29-30H,4-7,11-12,16-18H2,1-3H3/t22-,23+,25+/m0/s1. The number of methoxy groups -OCH3 is 2. The van der Waals surface area contributed by atoms with Crippen LogP contribution < -0.4 is 0 Å². The smallest absolute Gasteiger partial charge is 0.307 e. The van der Waals surface area contributed by atoms with E-state index in [0.717, 1.165) is 42.4 Å². The predicted octanol–water partition coefficient (Wildman–Crippen LogP) is 4.00. The molecular formula is C27H38O7. The molecule has 0 aliphatic heterocycles. The van der Waals surface area contributed by atoms with Crippen molar-refractivity contribution in [2.24, 2.45) is 5.92 Å². The minimum absolute atomic E-state index is 0.201. The molecule has 1 aliphatic rings. The molecule has 1 aliphatic carbocycles. The number of rotatable bonds is 14. The number of hydrogen-bond acceptors (Lipinski definition) is 7. The highest BCUT2D eigenvalue weighted by Crippen LogP contribution is 2.37. The summed E-state index contributed by atoms with van der Waals surface area (Å²) in [5.41, 5.74) is 2.95. The van der Waals surface area contributed by atoms with Crippen LogP contribution >= 0.6 is 0 Å². The van der Waals surface area contributed by atoms with Gasteiger partial charge in [0.25, 0.3) is 0 Å². The second-order valence-electron chi connectivity index (χ2n) is 8.74. The normalized spacial score (nSPS) is 19.0. The fourth-order valence-corrected chi connectivity index (χ4v) is 4.31. The van der Waals surface area contributed by atoms with E-state index in [1.54, 1.807) is 13.2 Å². The quantitative estimate of drug-likeness (QED) is 0.239. The molecule has 0 fully saturated rings. The van der Waals surface area contributed by atoms with Crippen molar-refractivity contribution in [3.05, 3.63) is 58.9 Å². The monoisotopic (exact) mass is 474 g/mol. The van der Waals surface area contributed by atoms with Gasteiger partial charge < -0.3 is 24.4 Å². The van der Waals surface area contributed by atoms with E-state index < -0.39 is 18.2 Å². The summed E-state index contributed by atoms with van der Waals surface area (Å²) in [7, 11) is 3.04. The Labute approximate surface area is 202 Å². The first-order chi connectivity index (χ1) is 16.3. The van der Waals surface area contributed by atoms with Crippen molar-refractivity contribution in [3.63, 3.8) is 0 Å². The van der Waals surface area contributed by atoms with Gasteiger partial charge in [0.05, 0.1) is 25.9 Å². The van der Waals surface area contributed by atoms with E-state index in [0.29, 0.717) is 31.6 Å². The van der Waals surface area contributed by atoms with Gasteiger partial charge in [0.1, 0.15) is 5.76 Å². The van der Waals surface area contributed by atoms with Crippen molar-refractivity contribution in [1.82, 2.24) is 0 Å². The second-order valence-corrected chi connectivity index (χ2v) is 8.74. The summed E-state index contributed by atoms with van der Waals surface area (Å²) < 4.78 is 15.2. The molecule has 0 aromatic heterocycles. The lowest BCUT2D eigenvalue weighted by Gasteiger charge is -2.16. The van der Waals surface area contributed by atoms with Crippen molar-refractivity contribution >= 4 is 11.9 Å². The first kappa shape index (κ1) is 27.8. The van der Waals surface area contributed by atoms with Crippen LogP contribution in [0.5, 0.6) is 0 Å². The molecule has 7 nitrogen and oxygen atoms in total. The van der Waals surface area contributed by atoms with Crippen LogP contribution in [0.1, 0.15) is 63.0 Å². The van der Waals surface area contributed by atoms with Gasteiger partial charge in [-0.1, -0.05) is 49.3 Å². The van der Waals surface area contributed by atoms with E-state index in [9.17, 15) is 19.8 Å². The molecule has 0 spiro atoms. The molecule has 0 saturated heterocycles. The van der Waals surface area contributed by atoms with Crippen molar-refractivity contribution in [1.29, 1.82) is 0 Å². The fourth-order valence-electron chi connectivity index (χ4n) is 4.31. The van der Waals surface area contributed by atoms with Crippen molar-refractivity contribution < 1.29 is 34.0 Å². The Morgan fingerprint density at radius 2 is 1.88 bits per heavy atom. The van der Waals surface area contributed by atoms with E-state index in [1.807, 2.05) is 30.3 Å². The highest BCUT2D eigenvalue weighted by molar-refractivity contribution is 5.69. The molecule has 1 aromatic rings. The van der Waals surface area contributed by atoms with Crippen LogP contribution in [0.25, 0.3) is 0 Å². The lowest BCUT2D eigenvalue weighted by molar-refractivity contribution is -0.140. The third-order valence-corrected chi connectivity index (χ3v) is 5.93. The van der Waals surface area contributed by atoms with Gasteiger partial charge in [-0.15, -0.1) is 0 Å². The van der Waals surface area contributed by atoms with Crippen LogP contribution in [0.4, 0.5) is 0 Å². The first-order valence-electron chi connectivity index (χ1n) is 11.9. The number of aliphatic hydroxyl groups excluding tert-OH is 2. The largest absolute Gasteiger partial charge is 0.469 e. The van der Waals surface area contributed by atoms with Gasteiger partial charge in [0, 0.05) is 39.2 Å². The minimum Gasteiger partial charge on any atom is -0.469 e. The van der Waals surface area contributed by atoms with E-state index >= 15 is 0 Å². The molecule has 0 bridgehead atoms. The Bertz CT molecular complexity index is 858. The van der Waals surface area contributed by atoms with Crippen molar-refractivity contribution in [2.75, 3.05) is 14.2 Å². The maximum atomic E-state index is 11.6. The zero-order valence-corrected chi connectivity index (χ0v) is 20.5. The van der Waals surface area contributed by atoms with Crippen LogP contribution in [0.2, 0.25) is 0 Å². The molecule has 0 amide bonds. The number of esters is 2. The van der Waals surface area contributed by atoms with Crippen molar-refractivity contribution in [3.8, 4) is 0 Å². The lowest BCUT2D eigenvalue weighted by Crippen LogP contribution is -2.16. The van der Waals surface area contributed by atoms with Crippen LogP contribution in [-0.4, -0.2) is 48.6 Å². The second kappa shape index (κ2) is 14.7. The van der Waals surface area contributed by atoms with Gasteiger partial charge in [-0.25, -0.2) is 0 Å². The topological polar surface area (TPSA) is 102 Å². The van der Waals surface area contributed by atoms with Crippen LogP contribution in [0.3, 0.4) is 0 Å². The summed E-state index contributed by atoms with van der Waals surface area (Å²) in [5, 5.41) is 21.2. The van der Waals surface area contributed by atoms with Gasteiger partial charge in [-0.3, -0.25) is 9.59 Å². The predicted molar refractivity (Wildman–Crippen MR) is 129 cm³/mol. The van der Waals surface area contributed by atoms with Crippen LogP contribution in [-0.2, 0) is 36.8 Å². The Morgan fingerprint density at radius 3 is 2.59 bits per heavy atom. The SMILES string of the molecule is COCc1cccc(C[C@@H](O)C=C[C@@H]2C(CCCCCCC(=O)OC)=C(OC(C)=O)C[C@H]2O)c1. The number of aliphatic hydroxyl groups is 2. The maximum Gasteiger partial charge on any atom is 0.307 e. The van der Waals surface area contributed by atoms with Crippen LogP contribution in [0.15, 0.2) is 47.7 Å². The number of benzene rings is 1. The average molecular weight is 475 g/mol. The third kappa shape index (κ3) is 9.41. The molecule has 0 radical (unpaired) electrons. The molecule has 7 heteroatoms. The van der Waals surface area contributed by atoms with E-state index in [1.165, 1.54) is 14.0 Å². The Morgan fingerprint density at radius 1 is 1.15 bits per heavy atom. The summed E-state index contributed by atoms with van der Waals surface area (Å²) in [6, 6.07) is 7.89. The van der Waals surface area contributed by atoms with Gasteiger partial charge in [0.2, 0.25) is 0 Å². The molecule has 34 heavy (non-hydrogen) atoms. The molecule has 2 N–H and O–H groups in total. The molecule has 0 unspecified atom stereocenters. The molecular weight excluding hydrogens is 436 g/mol. The number of carbonyl (C=O) groups is 2. The molecule has 0 heterocycles. The summed E-state index contributed by atoms with van der Waals surface area (Å²) in [4.78, 5) is 22.8. The van der Waals surface area contributed by atoms with Crippen molar-refractivity contribution in [2.45, 2.75) is 77.1 Å². The van der Waals surface area contributed by atoms with Gasteiger partial charge >= 0.3 is 11.9 Å². The Balaban J connectivity index is 1.98. The molecule has 2 rings (SSSR count). The number of carbonyl (C=O) groups excluding carboxylic acids is 2. The first-order valence-corrected chi connectivity index (χ1v) is 11.9. The number of ether oxygens (including phenoxy) is 3. The fraction of sp³-hybridized carbons (Fsp3) is 0.556. The Hall–Kier alpha value is -2.48. The van der Waals surface area contributed by atoms with Crippen LogP contribution in [0, 0.1) is 5.92 Å². The zero-order chi connectivity index (χ0) is 24.9. The molecule has 3 atom stereocenters. The number of unbranched alkanes of at least 4 members (excludes halogenated alkanes) is 3. The van der Waals surface area contributed by atoms with E-state index in [2.05, 4.69) is 4.74 Å². The maximum absolute atomic E-state index is 11.6. The van der Waals surface area contributed by atoms with Gasteiger partial charge in [0.15, 0.2) is 0 Å². The summed E-state index contributed by atoms with van der Waals surface area (Å²) in [6.45, 7) is 1.87. The Kier molecular flexibility index (Phi) is 12.0. The summed E-state index contributed by atoms with van der Waals surface area (Å²) in [5.74, 6) is -0.379. The summed E-state index contributed by atoms with van der Waals surface area (Å²) >= 11 is 0. The lowest BCUT2D eigenvalue weighted by atomic mass is 9.93. The van der Waals surface area contributed by atoms with Gasteiger partial charge in [-0.2, -0.15) is 0 Å². The molecule has 188 valence electrons. The minimum atomic E-state index is -0.706. The molecule has 1 aromatic carbocycles. The average Bonchev–Trinajstić information content (AvgIpc) is 3.08. The van der Waals surface area contributed by atoms with Gasteiger partial charge in [-0.05, 0) is 36.0 Å². The highest BCUT2D eigenvalue weighted by atomic mass is 16.5. The molecule has 0 saturated carbocycles. The van der Waals surface area contributed by atoms with E-state index in [4.69, 9.17) is 9.47 Å². The van der Waals surface area contributed by atoms with E-state index in [-0.39, 0.29) is 18.3 Å². The summed E-state index contributed by atoms with van der Waals surface area (Å²) in [6.07, 6.45) is 7.40. The third-order valence-electron chi connectivity index (χ3n) is 5.93.